The molecule has 0 aliphatic heterocycles. The number of carbonyl (C=O) groups excluding carboxylic acids is 1. The van der Waals surface area contributed by atoms with Crippen LogP contribution in [-0.4, -0.2) is 38.8 Å². The zero-order valence-electron chi connectivity index (χ0n) is 18.0. The van der Waals surface area contributed by atoms with Crippen molar-refractivity contribution in [2.45, 2.75) is 26.2 Å². The minimum atomic E-state index is -0.278. The monoisotopic (exact) mass is 428 g/mol. The van der Waals surface area contributed by atoms with Crippen LogP contribution < -0.4 is 0 Å². The Labute approximate surface area is 186 Å². The van der Waals surface area contributed by atoms with E-state index in [1.54, 1.807) is 31.5 Å². The Morgan fingerprint density at radius 2 is 1.97 bits per heavy atom. The summed E-state index contributed by atoms with van der Waals surface area (Å²) in [5.74, 6) is 0.150. The number of fused-ring (bicyclic) bond motifs is 1. The van der Waals surface area contributed by atoms with Crippen molar-refractivity contribution in [1.82, 2.24) is 19.9 Å². The number of benzene rings is 2. The number of hydrogen-bond acceptors (Lipinski definition) is 3. The number of hydrogen-bond donors (Lipinski definition) is 1. The molecule has 0 radical (unpaired) electrons. The summed E-state index contributed by atoms with van der Waals surface area (Å²) in [6.07, 6.45) is 8.21. The van der Waals surface area contributed by atoms with Crippen LogP contribution in [0.5, 0.6) is 0 Å². The molecule has 0 bridgehead atoms. The predicted molar refractivity (Wildman–Crippen MR) is 123 cm³/mol. The number of para-hydroxylation sites is 1. The first-order valence-corrected chi connectivity index (χ1v) is 11.0. The molecule has 2 aromatic carbocycles. The maximum Gasteiger partial charge on any atom is 0.274 e. The number of aryl methyl sites for hydroxylation is 1. The Morgan fingerprint density at radius 3 is 2.78 bits per heavy atom. The molecule has 6 heteroatoms. The van der Waals surface area contributed by atoms with Crippen molar-refractivity contribution >= 4 is 16.8 Å². The smallest absolute Gasteiger partial charge is 0.274 e. The van der Waals surface area contributed by atoms with Crippen LogP contribution in [0.2, 0.25) is 0 Å². The van der Waals surface area contributed by atoms with Crippen molar-refractivity contribution in [3.8, 4) is 11.3 Å². The molecule has 5 nitrogen and oxygen atoms in total. The maximum absolute atomic E-state index is 13.8. The Kier molecular flexibility index (Phi) is 5.43. The third kappa shape index (κ3) is 4.13. The SMILES string of the molecule is Cc1cc(-c2nccnc2C(=O)N(CCc2c[nH]c3ccccc23)CC2CC2)ccc1F. The van der Waals surface area contributed by atoms with E-state index < -0.39 is 0 Å². The first-order valence-electron chi connectivity index (χ1n) is 11.0. The molecule has 1 saturated carbocycles. The highest BCUT2D eigenvalue weighted by molar-refractivity contribution is 5.98. The van der Waals surface area contributed by atoms with Gasteiger partial charge in [-0.3, -0.25) is 9.78 Å². The molecule has 1 fully saturated rings. The van der Waals surface area contributed by atoms with Gasteiger partial charge in [-0.15, -0.1) is 0 Å². The number of halogens is 1. The van der Waals surface area contributed by atoms with E-state index >= 15 is 0 Å². The number of H-pyrrole nitrogens is 1. The second-order valence-corrected chi connectivity index (χ2v) is 8.52. The van der Waals surface area contributed by atoms with E-state index in [0.29, 0.717) is 35.0 Å². The van der Waals surface area contributed by atoms with Gasteiger partial charge in [0.1, 0.15) is 11.5 Å². The molecule has 1 amide bonds. The predicted octanol–water partition coefficient (Wildman–Crippen LogP) is 5.17. The molecule has 1 N–H and O–H groups in total. The molecule has 0 unspecified atom stereocenters. The standard InChI is InChI=1S/C26H25FN4O/c1-17-14-19(8-9-22(17)27)24-25(29-12-11-28-24)26(32)31(16-18-6-7-18)13-10-20-15-30-23-5-3-2-4-21(20)23/h2-5,8-9,11-12,14-15,18,30H,6-7,10,13,16H2,1H3. The molecule has 0 atom stereocenters. The molecule has 2 aromatic heterocycles. The van der Waals surface area contributed by atoms with E-state index in [4.69, 9.17) is 0 Å². The van der Waals surface area contributed by atoms with Crippen LogP contribution in [0, 0.1) is 18.7 Å². The summed E-state index contributed by atoms with van der Waals surface area (Å²) in [5.41, 5.74) is 4.32. The number of nitrogens with one attached hydrogen (secondary N) is 1. The van der Waals surface area contributed by atoms with E-state index in [1.807, 2.05) is 23.2 Å². The Balaban J connectivity index is 1.43. The van der Waals surface area contributed by atoms with E-state index in [-0.39, 0.29) is 11.7 Å². The number of amides is 1. The summed E-state index contributed by atoms with van der Waals surface area (Å²) >= 11 is 0. The summed E-state index contributed by atoms with van der Waals surface area (Å²) in [7, 11) is 0. The van der Waals surface area contributed by atoms with E-state index in [1.165, 1.54) is 17.0 Å². The number of aromatic nitrogens is 3. The lowest BCUT2D eigenvalue weighted by atomic mass is 10.1. The Morgan fingerprint density at radius 1 is 1.16 bits per heavy atom. The summed E-state index contributed by atoms with van der Waals surface area (Å²) in [6, 6.07) is 13.0. The summed E-state index contributed by atoms with van der Waals surface area (Å²) in [5, 5.41) is 1.19. The van der Waals surface area contributed by atoms with Crippen molar-refractivity contribution in [3.05, 3.63) is 83.7 Å². The van der Waals surface area contributed by atoms with Gasteiger partial charge in [0.15, 0.2) is 5.69 Å². The summed E-state index contributed by atoms with van der Waals surface area (Å²) < 4.78 is 13.8. The van der Waals surface area contributed by atoms with Crippen LogP contribution in [-0.2, 0) is 6.42 Å². The van der Waals surface area contributed by atoms with Gasteiger partial charge in [0.25, 0.3) is 5.91 Å². The lowest BCUT2D eigenvalue weighted by Gasteiger charge is -2.23. The highest BCUT2D eigenvalue weighted by Crippen LogP contribution is 2.31. The third-order valence-corrected chi connectivity index (χ3v) is 6.12. The van der Waals surface area contributed by atoms with Gasteiger partial charge in [0.2, 0.25) is 0 Å². The first-order chi connectivity index (χ1) is 15.6. The number of nitrogens with zero attached hydrogens (tertiary/aromatic N) is 3. The second-order valence-electron chi connectivity index (χ2n) is 8.52. The highest BCUT2D eigenvalue weighted by Gasteiger charge is 2.29. The molecule has 1 aliphatic carbocycles. The summed E-state index contributed by atoms with van der Waals surface area (Å²) in [4.78, 5) is 27.7. The van der Waals surface area contributed by atoms with Crippen LogP contribution in [0.25, 0.3) is 22.2 Å². The van der Waals surface area contributed by atoms with Crippen LogP contribution in [0.1, 0.15) is 34.5 Å². The van der Waals surface area contributed by atoms with Gasteiger partial charge in [0.05, 0.1) is 0 Å². The lowest BCUT2D eigenvalue weighted by Crippen LogP contribution is -2.35. The summed E-state index contributed by atoms with van der Waals surface area (Å²) in [6.45, 7) is 3.03. The van der Waals surface area contributed by atoms with E-state index in [0.717, 1.165) is 31.3 Å². The highest BCUT2D eigenvalue weighted by atomic mass is 19.1. The second kappa shape index (κ2) is 8.54. The fourth-order valence-electron chi connectivity index (χ4n) is 4.13. The maximum atomic E-state index is 13.8. The van der Waals surface area contributed by atoms with Crippen LogP contribution >= 0.6 is 0 Å². The van der Waals surface area contributed by atoms with Crippen molar-refractivity contribution in [3.63, 3.8) is 0 Å². The van der Waals surface area contributed by atoms with Crippen LogP contribution in [0.4, 0.5) is 4.39 Å². The fraction of sp³-hybridized carbons (Fsp3) is 0.269. The zero-order chi connectivity index (χ0) is 22.1. The van der Waals surface area contributed by atoms with Gasteiger partial charge in [-0.1, -0.05) is 18.2 Å². The average molecular weight is 429 g/mol. The van der Waals surface area contributed by atoms with Gasteiger partial charge < -0.3 is 9.88 Å². The Hall–Kier alpha value is -3.54. The number of aromatic amines is 1. The van der Waals surface area contributed by atoms with Crippen molar-refractivity contribution in [1.29, 1.82) is 0 Å². The molecule has 2 heterocycles. The number of carbonyl (C=O) groups is 1. The minimum absolute atomic E-state index is 0.123. The van der Waals surface area contributed by atoms with Crippen LogP contribution in [0.3, 0.4) is 0 Å². The van der Waals surface area contributed by atoms with E-state index in [2.05, 4.69) is 27.1 Å². The van der Waals surface area contributed by atoms with Crippen molar-refractivity contribution in [2.24, 2.45) is 5.92 Å². The zero-order valence-corrected chi connectivity index (χ0v) is 18.0. The van der Waals surface area contributed by atoms with E-state index in [9.17, 15) is 9.18 Å². The molecule has 0 spiro atoms. The fourth-order valence-corrected chi connectivity index (χ4v) is 4.13. The quantitative estimate of drug-likeness (QED) is 0.442. The lowest BCUT2D eigenvalue weighted by molar-refractivity contribution is 0.0744. The first kappa shape index (κ1) is 20.4. The van der Waals surface area contributed by atoms with Crippen LogP contribution in [0.15, 0.2) is 61.1 Å². The molecule has 1 aliphatic rings. The largest absolute Gasteiger partial charge is 0.361 e. The average Bonchev–Trinajstić information content (AvgIpc) is 3.55. The Bertz CT molecular complexity index is 1280. The molecular weight excluding hydrogens is 403 g/mol. The molecular formula is C26H25FN4O. The van der Waals surface area contributed by atoms with Gasteiger partial charge in [-0.05, 0) is 67.5 Å². The topological polar surface area (TPSA) is 61.9 Å². The normalized spacial score (nSPS) is 13.4. The van der Waals surface area contributed by atoms with Crippen molar-refractivity contribution < 1.29 is 9.18 Å². The molecule has 162 valence electrons. The molecule has 0 saturated heterocycles. The molecule has 32 heavy (non-hydrogen) atoms. The van der Waals surface area contributed by atoms with Gasteiger partial charge in [-0.2, -0.15) is 0 Å². The van der Waals surface area contributed by atoms with Crippen molar-refractivity contribution in [2.75, 3.05) is 13.1 Å². The number of rotatable bonds is 7. The molecule has 5 rings (SSSR count). The third-order valence-electron chi connectivity index (χ3n) is 6.12. The van der Waals surface area contributed by atoms with Gasteiger partial charge >= 0.3 is 0 Å². The molecule has 4 aromatic rings. The minimum Gasteiger partial charge on any atom is -0.361 e. The van der Waals surface area contributed by atoms with Gasteiger partial charge in [0, 0.05) is 48.1 Å². The van der Waals surface area contributed by atoms with Gasteiger partial charge in [-0.25, -0.2) is 9.37 Å².